The topological polar surface area (TPSA) is 64.4 Å². The molecule has 1 fully saturated rings. The largest absolute Gasteiger partial charge is 0.381 e. The number of nitrogens with one attached hydrogen (secondary N) is 1. The van der Waals surface area contributed by atoms with Gasteiger partial charge in [-0.2, -0.15) is 0 Å². The van der Waals surface area contributed by atoms with E-state index in [2.05, 4.69) is 17.4 Å². The molecule has 100 valence electrons. The molecule has 0 aromatic carbocycles. The highest BCUT2D eigenvalue weighted by Crippen LogP contribution is 2.11. The number of carbonyl (C=O) groups is 1. The van der Waals surface area contributed by atoms with E-state index in [1.54, 1.807) is 0 Å². The summed E-state index contributed by atoms with van der Waals surface area (Å²) in [6, 6.07) is 1.86. The average Bonchev–Trinajstić information content (AvgIpc) is 2.99. The molecule has 1 saturated heterocycles. The molecule has 1 N–H and O–H groups in total. The molecule has 0 radical (unpaired) electrons. The number of aromatic nitrogens is 1. The lowest BCUT2D eigenvalue weighted by molar-refractivity contribution is -0.120. The Morgan fingerprint density at radius 2 is 2.50 bits per heavy atom. The van der Waals surface area contributed by atoms with Gasteiger partial charge in [0, 0.05) is 31.6 Å². The van der Waals surface area contributed by atoms with Crippen LogP contribution in [-0.2, 0) is 22.4 Å². The first-order valence-electron chi connectivity index (χ1n) is 6.57. The molecule has 0 spiro atoms. The first-order valence-corrected chi connectivity index (χ1v) is 6.57. The van der Waals surface area contributed by atoms with Gasteiger partial charge in [-0.05, 0) is 12.8 Å². The van der Waals surface area contributed by atoms with E-state index in [-0.39, 0.29) is 5.91 Å². The molecule has 1 aromatic rings. The molecule has 1 aromatic heterocycles. The monoisotopic (exact) mass is 252 g/mol. The van der Waals surface area contributed by atoms with Crippen LogP contribution in [0.15, 0.2) is 10.6 Å². The second kappa shape index (κ2) is 6.54. The zero-order valence-electron chi connectivity index (χ0n) is 10.8. The second-order valence-corrected chi connectivity index (χ2v) is 4.75. The molecule has 0 aliphatic carbocycles. The van der Waals surface area contributed by atoms with Crippen molar-refractivity contribution >= 4 is 5.91 Å². The van der Waals surface area contributed by atoms with Gasteiger partial charge in [-0.3, -0.25) is 4.79 Å². The summed E-state index contributed by atoms with van der Waals surface area (Å²) in [5.74, 6) is 1.31. The van der Waals surface area contributed by atoms with Crippen LogP contribution in [0.4, 0.5) is 0 Å². The Labute approximate surface area is 107 Å². The van der Waals surface area contributed by atoms with Crippen LogP contribution in [0.5, 0.6) is 0 Å². The van der Waals surface area contributed by atoms with Crippen LogP contribution in [0, 0.1) is 5.92 Å². The minimum absolute atomic E-state index is 0.00162. The van der Waals surface area contributed by atoms with Gasteiger partial charge in [0.2, 0.25) is 5.91 Å². The van der Waals surface area contributed by atoms with Gasteiger partial charge < -0.3 is 14.6 Å². The van der Waals surface area contributed by atoms with Crippen LogP contribution < -0.4 is 5.32 Å². The highest BCUT2D eigenvalue weighted by Gasteiger charge is 2.16. The molecule has 1 unspecified atom stereocenters. The molecule has 2 rings (SSSR count). The van der Waals surface area contributed by atoms with Crippen LogP contribution in [-0.4, -0.2) is 30.8 Å². The fraction of sp³-hybridized carbons (Fsp3) is 0.692. The lowest BCUT2D eigenvalue weighted by Crippen LogP contribution is -2.30. The maximum Gasteiger partial charge on any atom is 0.226 e. The first-order chi connectivity index (χ1) is 8.78. The van der Waals surface area contributed by atoms with E-state index in [1.807, 2.05) is 6.07 Å². The number of hydrogen-bond acceptors (Lipinski definition) is 4. The number of hydrogen-bond donors (Lipinski definition) is 1. The van der Waals surface area contributed by atoms with Gasteiger partial charge in [0.25, 0.3) is 0 Å². The number of ether oxygens (including phenoxy) is 1. The van der Waals surface area contributed by atoms with Crippen molar-refractivity contribution in [3.8, 4) is 0 Å². The quantitative estimate of drug-likeness (QED) is 0.829. The van der Waals surface area contributed by atoms with Crippen molar-refractivity contribution in [2.75, 3.05) is 19.8 Å². The minimum Gasteiger partial charge on any atom is -0.381 e. The summed E-state index contributed by atoms with van der Waals surface area (Å²) in [4.78, 5) is 11.7. The first kappa shape index (κ1) is 13.1. The van der Waals surface area contributed by atoms with Gasteiger partial charge in [-0.15, -0.1) is 0 Å². The van der Waals surface area contributed by atoms with E-state index in [4.69, 9.17) is 9.26 Å². The van der Waals surface area contributed by atoms with Crippen LogP contribution in [0.3, 0.4) is 0 Å². The molecular weight excluding hydrogens is 232 g/mol. The van der Waals surface area contributed by atoms with Crippen molar-refractivity contribution in [2.24, 2.45) is 5.92 Å². The Balaban J connectivity index is 1.72. The maximum absolute atomic E-state index is 11.7. The van der Waals surface area contributed by atoms with E-state index < -0.39 is 0 Å². The number of amides is 1. The zero-order valence-corrected chi connectivity index (χ0v) is 10.8. The molecule has 1 amide bonds. The van der Waals surface area contributed by atoms with E-state index >= 15 is 0 Å². The Kier molecular flexibility index (Phi) is 4.75. The Bertz CT molecular complexity index is 383. The fourth-order valence-corrected chi connectivity index (χ4v) is 2.03. The number of carbonyl (C=O) groups excluding carboxylic acids is 1. The molecule has 1 aliphatic heterocycles. The van der Waals surface area contributed by atoms with Crippen LogP contribution in [0.25, 0.3) is 0 Å². The Morgan fingerprint density at radius 3 is 3.22 bits per heavy atom. The molecular formula is C13H20N2O3. The predicted octanol–water partition coefficient (Wildman–Crippen LogP) is 1.32. The molecule has 0 bridgehead atoms. The third-order valence-electron chi connectivity index (χ3n) is 3.06. The number of aryl methyl sites for hydroxylation is 1. The van der Waals surface area contributed by atoms with Crippen molar-refractivity contribution in [3.63, 3.8) is 0 Å². The Hall–Kier alpha value is -1.36. The van der Waals surface area contributed by atoms with Crippen molar-refractivity contribution in [1.82, 2.24) is 10.5 Å². The molecule has 2 heterocycles. The Morgan fingerprint density at radius 1 is 1.61 bits per heavy atom. The lowest BCUT2D eigenvalue weighted by atomic mass is 10.1. The maximum atomic E-state index is 11.7. The van der Waals surface area contributed by atoms with Crippen molar-refractivity contribution < 1.29 is 14.1 Å². The smallest absolute Gasteiger partial charge is 0.226 e. The van der Waals surface area contributed by atoms with E-state index in [0.29, 0.717) is 24.6 Å². The summed E-state index contributed by atoms with van der Waals surface area (Å²) >= 11 is 0. The van der Waals surface area contributed by atoms with Gasteiger partial charge in [0.15, 0.2) is 0 Å². The number of rotatable bonds is 6. The van der Waals surface area contributed by atoms with Crippen LogP contribution in [0.2, 0.25) is 0 Å². The van der Waals surface area contributed by atoms with E-state index in [0.717, 1.165) is 38.2 Å². The number of nitrogens with zero attached hydrogens (tertiary/aromatic N) is 1. The minimum atomic E-state index is -0.00162. The highest BCUT2D eigenvalue weighted by molar-refractivity contribution is 5.78. The van der Waals surface area contributed by atoms with E-state index in [9.17, 15) is 4.79 Å². The summed E-state index contributed by atoms with van der Waals surface area (Å²) in [7, 11) is 0. The molecule has 5 heteroatoms. The molecule has 1 aliphatic rings. The molecule has 0 saturated carbocycles. The molecule has 18 heavy (non-hydrogen) atoms. The SMILES string of the molecule is CCCc1cc(CC(=O)NCC2CCOC2)no1. The zero-order chi connectivity index (χ0) is 12.8. The summed E-state index contributed by atoms with van der Waals surface area (Å²) in [6.07, 6.45) is 3.21. The summed E-state index contributed by atoms with van der Waals surface area (Å²) in [6.45, 7) is 4.34. The van der Waals surface area contributed by atoms with Crippen LogP contribution >= 0.6 is 0 Å². The summed E-state index contributed by atoms with van der Waals surface area (Å²) in [5.41, 5.74) is 0.707. The van der Waals surface area contributed by atoms with Crippen molar-refractivity contribution in [1.29, 1.82) is 0 Å². The van der Waals surface area contributed by atoms with Gasteiger partial charge in [-0.25, -0.2) is 0 Å². The van der Waals surface area contributed by atoms with E-state index in [1.165, 1.54) is 0 Å². The highest BCUT2D eigenvalue weighted by atomic mass is 16.5. The fourth-order valence-electron chi connectivity index (χ4n) is 2.03. The summed E-state index contributed by atoms with van der Waals surface area (Å²) in [5, 5.41) is 6.81. The predicted molar refractivity (Wildman–Crippen MR) is 66.1 cm³/mol. The van der Waals surface area contributed by atoms with Crippen LogP contribution in [0.1, 0.15) is 31.2 Å². The van der Waals surface area contributed by atoms with Gasteiger partial charge >= 0.3 is 0 Å². The standard InChI is InChI=1S/C13H20N2O3/c1-2-3-12-6-11(15-18-12)7-13(16)14-8-10-4-5-17-9-10/h6,10H,2-5,7-9H2,1H3,(H,14,16). The summed E-state index contributed by atoms with van der Waals surface area (Å²) < 4.78 is 10.4. The van der Waals surface area contributed by atoms with Crippen molar-refractivity contribution in [2.45, 2.75) is 32.6 Å². The van der Waals surface area contributed by atoms with Gasteiger partial charge in [0.1, 0.15) is 5.76 Å². The second-order valence-electron chi connectivity index (χ2n) is 4.75. The van der Waals surface area contributed by atoms with Gasteiger partial charge in [-0.1, -0.05) is 12.1 Å². The van der Waals surface area contributed by atoms with Gasteiger partial charge in [0.05, 0.1) is 18.7 Å². The normalized spacial score (nSPS) is 19.1. The average molecular weight is 252 g/mol. The third-order valence-corrected chi connectivity index (χ3v) is 3.06. The lowest BCUT2D eigenvalue weighted by Gasteiger charge is -2.08. The molecule has 1 atom stereocenters. The third kappa shape index (κ3) is 3.84. The van der Waals surface area contributed by atoms with Crippen molar-refractivity contribution in [3.05, 3.63) is 17.5 Å². The molecule has 5 nitrogen and oxygen atoms in total.